The van der Waals surface area contributed by atoms with Crippen LogP contribution in [0, 0.1) is 5.92 Å². The maximum atomic E-state index is 3.93. The number of aromatic nitrogens is 4. The Hall–Kier alpha value is -1.40. The number of hydrogen-bond donors (Lipinski definition) is 1. The van der Waals surface area contributed by atoms with Gasteiger partial charge >= 0.3 is 0 Å². The summed E-state index contributed by atoms with van der Waals surface area (Å²) in [6.07, 6.45) is 2.96. The first-order valence-electron chi connectivity index (χ1n) is 6.97. The molecule has 0 amide bonds. The molecule has 6 heteroatoms. The molecule has 1 saturated heterocycles. The van der Waals surface area contributed by atoms with Crippen LogP contribution in [0.4, 0.5) is 0 Å². The highest BCUT2D eigenvalue weighted by Crippen LogP contribution is 2.24. The van der Waals surface area contributed by atoms with Crippen molar-refractivity contribution >= 4 is 11.8 Å². The summed E-state index contributed by atoms with van der Waals surface area (Å²) < 4.78 is 1.68. The van der Waals surface area contributed by atoms with Crippen LogP contribution in [-0.2, 0) is 0 Å². The van der Waals surface area contributed by atoms with E-state index in [0.717, 1.165) is 18.2 Å². The van der Waals surface area contributed by atoms with Crippen LogP contribution in [-0.4, -0.2) is 38.3 Å². The summed E-state index contributed by atoms with van der Waals surface area (Å²) in [6.45, 7) is 3.31. The average molecular weight is 289 g/mol. The first-order valence-corrected chi connectivity index (χ1v) is 8.13. The van der Waals surface area contributed by atoms with Crippen LogP contribution in [0.2, 0.25) is 0 Å². The summed E-state index contributed by atoms with van der Waals surface area (Å²) in [7, 11) is 0. The van der Waals surface area contributed by atoms with E-state index in [1.807, 2.05) is 6.07 Å². The van der Waals surface area contributed by atoms with Gasteiger partial charge in [0.15, 0.2) is 0 Å². The molecule has 20 heavy (non-hydrogen) atoms. The van der Waals surface area contributed by atoms with Crippen molar-refractivity contribution in [2.45, 2.75) is 19.4 Å². The van der Waals surface area contributed by atoms with E-state index in [-0.39, 0.29) is 0 Å². The summed E-state index contributed by atoms with van der Waals surface area (Å²) in [5.74, 6) is 3.44. The van der Waals surface area contributed by atoms with Crippen molar-refractivity contribution < 1.29 is 0 Å². The Morgan fingerprint density at radius 1 is 1.50 bits per heavy atom. The van der Waals surface area contributed by atoms with Crippen molar-refractivity contribution in [2.24, 2.45) is 5.92 Å². The molecule has 2 atom stereocenters. The average Bonchev–Trinajstić information content (AvgIpc) is 3.18. The molecule has 1 aromatic heterocycles. The van der Waals surface area contributed by atoms with E-state index in [2.05, 4.69) is 57.7 Å². The predicted octanol–water partition coefficient (Wildman–Crippen LogP) is 2.07. The molecule has 0 aliphatic carbocycles. The number of thioether (sulfide) groups is 1. The lowest BCUT2D eigenvalue weighted by Crippen LogP contribution is -2.25. The molecule has 5 nitrogen and oxygen atoms in total. The maximum Gasteiger partial charge on any atom is 0.143 e. The number of benzene rings is 1. The van der Waals surface area contributed by atoms with Gasteiger partial charge in [0.1, 0.15) is 6.33 Å². The first-order chi connectivity index (χ1) is 9.83. The standard InChI is InChI=1S/C14H19N5S/c1-11(15-8-12-5-6-20-9-12)13-3-2-4-14(7-13)19-10-16-17-18-19/h2-4,7,10-12,15H,5-6,8-9H2,1H3. The molecular weight excluding hydrogens is 270 g/mol. The fourth-order valence-corrected chi connectivity index (χ4v) is 3.71. The van der Waals surface area contributed by atoms with Crippen molar-refractivity contribution in [1.82, 2.24) is 25.5 Å². The normalized spacial score (nSPS) is 20.1. The van der Waals surface area contributed by atoms with Crippen LogP contribution in [0.5, 0.6) is 0 Å². The Morgan fingerprint density at radius 3 is 3.20 bits per heavy atom. The van der Waals surface area contributed by atoms with Crippen LogP contribution in [0.3, 0.4) is 0 Å². The second-order valence-corrected chi connectivity index (χ2v) is 6.36. The summed E-state index contributed by atoms with van der Waals surface area (Å²) >= 11 is 2.06. The molecule has 3 rings (SSSR count). The number of hydrogen-bond acceptors (Lipinski definition) is 5. The zero-order valence-electron chi connectivity index (χ0n) is 11.6. The number of nitrogens with zero attached hydrogens (tertiary/aromatic N) is 4. The van der Waals surface area contributed by atoms with E-state index in [1.54, 1.807) is 11.0 Å². The van der Waals surface area contributed by atoms with Crippen molar-refractivity contribution in [3.05, 3.63) is 36.2 Å². The van der Waals surface area contributed by atoms with E-state index in [0.29, 0.717) is 6.04 Å². The van der Waals surface area contributed by atoms with Gasteiger partial charge in [-0.15, -0.1) is 5.10 Å². The number of tetrazole rings is 1. The van der Waals surface area contributed by atoms with Gasteiger partial charge in [-0.05, 0) is 65.4 Å². The van der Waals surface area contributed by atoms with Crippen LogP contribution < -0.4 is 5.32 Å². The lowest BCUT2D eigenvalue weighted by atomic mass is 10.1. The van der Waals surface area contributed by atoms with Gasteiger partial charge < -0.3 is 5.32 Å². The molecule has 1 aromatic carbocycles. The SMILES string of the molecule is CC(NCC1CCSC1)c1cccc(-n2cnnn2)c1. The van der Waals surface area contributed by atoms with Gasteiger partial charge in [0.05, 0.1) is 5.69 Å². The van der Waals surface area contributed by atoms with Crippen molar-refractivity contribution in [2.75, 3.05) is 18.1 Å². The minimum Gasteiger partial charge on any atom is -0.310 e. The third kappa shape index (κ3) is 3.19. The van der Waals surface area contributed by atoms with Gasteiger partial charge in [0, 0.05) is 6.04 Å². The Morgan fingerprint density at radius 2 is 2.45 bits per heavy atom. The minimum atomic E-state index is 0.344. The second kappa shape index (κ2) is 6.37. The Labute approximate surface area is 123 Å². The largest absolute Gasteiger partial charge is 0.310 e. The molecule has 2 heterocycles. The monoisotopic (exact) mass is 289 g/mol. The Kier molecular flexibility index (Phi) is 4.32. The zero-order chi connectivity index (χ0) is 13.8. The molecule has 1 aliphatic rings. The fourth-order valence-electron chi connectivity index (χ4n) is 2.42. The molecule has 1 N–H and O–H groups in total. The van der Waals surface area contributed by atoms with Crippen LogP contribution in [0.1, 0.15) is 24.9 Å². The summed E-state index contributed by atoms with van der Waals surface area (Å²) in [4.78, 5) is 0. The molecule has 2 aromatic rings. The van der Waals surface area contributed by atoms with Gasteiger partial charge in [-0.2, -0.15) is 11.8 Å². The van der Waals surface area contributed by atoms with E-state index in [1.165, 1.54) is 23.5 Å². The molecule has 1 fully saturated rings. The number of nitrogens with one attached hydrogen (secondary N) is 1. The highest BCUT2D eigenvalue weighted by Gasteiger charge is 2.16. The van der Waals surface area contributed by atoms with E-state index in [9.17, 15) is 0 Å². The molecule has 0 spiro atoms. The smallest absolute Gasteiger partial charge is 0.143 e. The summed E-state index contributed by atoms with van der Waals surface area (Å²) in [5, 5.41) is 14.9. The van der Waals surface area contributed by atoms with Crippen molar-refractivity contribution in [3.8, 4) is 5.69 Å². The molecule has 2 unspecified atom stereocenters. The third-order valence-corrected chi connectivity index (χ3v) is 4.95. The fraction of sp³-hybridized carbons (Fsp3) is 0.500. The second-order valence-electron chi connectivity index (χ2n) is 5.21. The lowest BCUT2D eigenvalue weighted by Gasteiger charge is -2.17. The van der Waals surface area contributed by atoms with E-state index >= 15 is 0 Å². The van der Waals surface area contributed by atoms with Gasteiger partial charge in [-0.3, -0.25) is 0 Å². The van der Waals surface area contributed by atoms with Gasteiger partial charge in [-0.1, -0.05) is 12.1 Å². The zero-order valence-corrected chi connectivity index (χ0v) is 12.4. The summed E-state index contributed by atoms with van der Waals surface area (Å²) in [5.41, 5.74) is 2.27. The van der Waals surface area contributed by atoms with E-state index < -0.39 is 0 Å². The molecular formula is C14H19N5S. The first kappa shape index (κ1) is 13.6. The molecule has 0 radical (unpaired) electrons. The van der Waals surface area contributed by atoms with Crippen molar-refractivity contribution in [3.63, 3.8) is 0 Å². The number of rotatable bonds is 5. The quantitative estimate of drug-likeness (QED) is 0.913. The minimum absolute atomic E-state index is 0.344. The molecule has 1 aliphatic heterocycles. The summed E-state index contributed by atoms with van der Waals surface area (Å²) in [6, 6.07) is 8.69. The van der Waals surface area contributed by atoms with Crippen LogP contribution >= 0.6 is 11.8 Å². The van der Waals surface area contributed by atoms with Gasteiger partial charge in [-0.25, -0.2) is 4.68 Å². The Balaban J connectivity index is 1.65. The van der Waals surface area contributed by atoms with Gasteiger partial charge in [0.25, 0.3) is 0 Å². The van der Waals surface area contributed by atoms with Crippen LogP contribution in [0.25, 0.3) is 5.69 Å². The van der Waals surface area contributed by atoms with Crippen LogP contribution in [0.15, 0.2) is 30.6 Å². The third-order valence-electron chi connectivity index (χ3n) is 3.72. The topological polar surface area (TPSA) is 55.6 Å². The Bertz CT molecular complexity index is 536. The highest BCUT2D eigenvalue weighted by molar-refractivity contribution is 7.99. The molecule has 106 valence electrons. The van der Waals surface area contributed by atoms with Crippen molar-refractivity contribution in [1.29, 1.82) is 0 Å². The van der Waals surface area contributed by atoms with E-state index in [4.69, 9.17) is 0 Å². The molecule has 0 saturated carbocycles. The van der Waals surface area contributed by atoms with Gasteiger partial charge in [0.2, 0.25) is 0 Å². The highest BCUT2D eigenvalue weighted by atomic mass is 32.2. The predicted molar refractivity (Wildman–Crippen MR) is 81.0 cm³/mol. The maximum absolute atomic E-state index is 3.93. The molecule has 0 bridgehead atoms. The lowest BCUT2D eigenvalue weighted by molar-refractivity contribution is 0.477.